The lowest BCUT2D eigenvalue weighted by atomic mass is 10.0. The van der Waals surface area contributed by atoms with E-state index >= 15 is 0 Å². The molecule has 1 aromatic carbocycles. The van der Waals surface area contributed by atoms with Crippen molar-refractivity contribution in [2.24, 2.45) is 0 Å². The Morgan fingerprint density at radius 3 is 2.48 bits per heavy atom. The number of pyridine rings is 1. The molecule has 1 aromatic heterocycles. The van der Waals surface area contributed by atoms with Gasteiger partial charge in [-0.1, -0.05) is 24.3 Å². The Balaban J connectivity index is 1.59. The van der Waals surface area contributed by atoms with Gasteiger partial charge in [0.2, 0.25) is 5.88 Å². The summed E-state index contributed by atoms with van der Waals surface area (Å²) in [5, 5.41) is 20.4. The van der Waals surface area contributed by atoms with Crippen molar-refractivity contribution in [2.75, 3.05) is 13.2 Å². The molecule has 0 spiro atoms. The Morgan fingerprint density at radius 1 is 1.04 bits per heavy atom. The Hall–Kier alpha value is -2.36. The van der Waals surface area contributed by atoms with Crippen molar-refractivity contribution < 1.29 is 37.6 Å². The number of aliphatic hydroxyl groups is 2. The lowest BCUT2D eigenvalue weighted by Gasteiger charge is -2.37. The van der Waals surface area contributed by atoms with Crippen molar-refractivity contribution in [3.8, 4) is 11.6 Å². The predicted molar refractivity (Wildman–Crippen MR) is 87.3 cm³/mol. The van der Waals surface area contributed by atoms with Crippen LogP contribution in [0.1, 0.15) is 5.69 Å². The van der Waals surface area contributed by atoms with Crippen LogP contribution in [0.25, 0.3) is 0 Å². The van der Waals surface area contributed by atoms with Gasteiger partial charge in [0.05, 0.1) is 6.61 Å². The van der Waals surface area contributed by atoms with Gasteiger partial charge in [-0.2, -0.15) is 13.2 Å². The topological polar surface area (TPSA) is 81.0 Å². The van der Waals surface area contributed by atoms with Gasteiger partial charge in [0.15, 0.2) is 6.10 Å². The third-order valence-electron chi connectivity index (χ3n) is 4.03. The van der Waals surface area contributed by atoms with E-state index in [-0.39, 0.29) is 19.1 Å². The van der Waals surface area contributed by atoms with Crippen molar-refractivity contribution in [1.29, 1.82) is 0 Å². The van der Waals surface area contributed by atoms with Gasteiger partial charge in [0.1, 0.15) is 36.4 Å². The number of alkyl halides is 3. The summed E-state index contributed by atoms with van der Waals surface area (Å²) in [5.74, 6) is 0.262. The molecule has 146 valence electrons. The summed E-state index contributed by atoms with van der Waals surface area (Å²) in [5.41, 5.74) is -1.11. The molecule has 6 nitrogen and oxygen atoms in total. The molecule has 1 aliphatic rings. The molecule has 0 radical (unpaired) electrons. The SMILES string of the molecule is O[C@@H]1[C@H](O)[C@@H](Oc2cccc(C(F)(F)F)n2)CO[C@@H]1COc1ccccc1. The highest BCUT2D eigenvalue weighted by Gasteiger charge is 2.40. The number of ether oxygens (including phenoxy) is 3. The van der Waals surface area contributed by atoms with E-state index in [1.165, 1.54) is 6.07 Å². The summed E-state index contributed by atoms with van der Waals surface area (Å²) in [6.07, 6.45) is -9.20. The van der Waals surface area contributed by atoms with Gasteiger partial charge < -0.3 is 24.4 Å². The van der Waals surface area contributed by atoms with Crippen LogP contribution in [0.2, 0.25) is 0 Å². The van der Waals surface area contributed by atoms with Crippen LogP contribution in [-0.4, -0.2) is 52.8 Å². The summed E-state index contributed by atoms with van der Waals surface area (Å²) >= 11 is 0. The maximum atomic E-state index is 12.7. The van der Waals surface area contributed by atoms with Gasteiger partial charge in [-0.25, -0.2) is 4.98 Å². The molecule has 2 heterocycles. The van der Waals surface area contributed by atoms with Crippen LogP contribution in [0.3, 0.4) is 0 Å². The van der Waals surface area contributed by atoms with E-state index < -0.39 is 36.3 Å². The third kappa shape index (κ3) is 4.88. The molecule has 3 rings (SSSR count). The normalized spacial score (nSPS) is 25.8. The number of hydrogen-bond acceptors (Lipinski definition) is 6. The lowest BCUT2D eigenvalue weighted by molar-refractivity contribution is -0.187. The zero-order valence-corrected chi connectivity index (χ0v) is 14.0. The average molecular weight is 385 g/mol. The molecular formula is C18H18F3NO5. The summed E-state index contributed by atoms with van der Waals surface area (Å²) < 4.78 is 54.4. The van der Waals surface area contributed by atoms with Gasteiger partial charge in [0, 0.05) is 6.07 Å². The Bertz CT molecular complexity index is 743. The van der Waals surface area contributed by atoms with E-state index in [1.807, 2.05) is 6.07 Å². The number of aromatic nitrogens is 1. The quantitative estimate of drug-likeness (QED) is 0.820. The number of para-hydroxylation sites is 1. The van der Waals surface area contributed by atoms with Crippen LogP contribution >= 0.6 is 0 Å². The summed E-state index contributed by atoms with van der Waals surface area (Å²) in [6.45, 7) is -0.143. The van der Waals surface area contributed by atoms with Crippen LogP contribution in [0.4, 0.5) is 13.2 Å². The van der Waals surface area contributed by atoms with Crippen molar-refractivity contribution in [3.63, 3.8) is 0 Å². The second kappa shape index (κ2) is 8.12. The highest BCUT2D eigenvalue weighted by molar-refractivity contribution is 5.21. The van der Waals surface area contributed by atoms with Gasteiger partial charge in [-0.15, -0.1) is 0 Å². The zero-order valence-electron chi connectivity index (χ0n) is 14.0. The van der Waals surface area contributed by atoms with Crippen molar-refractivity contribution in [1.82, 2.24) is 4.98 Å². The van der Waals surface area contributed by atoms with Crippen LogP contribution < -0.4 is 9.47 Å². The Labute approximate surface area is 153 Å². The Morgan fingerprint density at radius 2 is 1.78 bits per heavy atom. The largest absolute Gasteiger partial charge is 0.491 e. The predicted octanol–water partition coefficient (Wildman–Crippen LogP) is 2.05. The first-order valence-electron chi connectivity index (χ1n) is 8.21. The number of hydrogen-bond donors (Lipinski definition) is 2. The van der Waals surface area contributed by atoms with Gasteiger partial charge in [-0.3, -0.25) is 0 Å². The van der Waals surface area contributed by atoms with Gasteiger partial charge in [0.25, 0.3) is 0 Å². The molecule has 9 heteroatoms. The number of aliphatic hydroxyl groups excluding tert-OH is 2. The molecule has 0 aliphatic carbocycles. The van der Waals surface area contributed by atoms with E-state index in [9.17, 15) is 23.4 Å². The minimum Gasteiger partial charge on any atom is -0.491 e. The van der Waals surface area contributed by atoms with E-state index in [2.05, 4.69) is 4.98 Å². The highest BCUT2D eigenvalue weighted by atomic mass is 19.4. The monoisotopic (exact) mass is 385 g/mol. The first kappa shape index (κ1) is 19.4. The fraction of sp³-hybridized carbons (Fsp3) is 0.389. The molecule has 4 atom stereocenters. The molecule has 0 unspecified atom stereocenters. The molecule has 0 saturated carbocycles. The van der Waals surface area contributed by atoms with E-state index in [0.717, 1.165) is 12.1 Å². The molecular weight excluding hydrogens is 367 g/mol. The van der Waals surface area contributed by atoms with Gasteiger partial charge in [-0.05, 0) is 18.2 Å². The minimum atomic E-state index is -4.61. The minimum absolute atomic E-state index is 0.00321. The van der Waals surface area contributed by atoms with Crippen molar-refractivity contribution in [3.05, 3.63) is 54.2 Å². The van der Waals surface area contributed by atoms with Crippen molar-refractivity contribution in [2.45, 2.75) is 30.6 Å². The standard InChI is InChI=1S/C18H18F3NO5/c19-18(20,21)14-7-4-8-15(22-14)27-13-10-26-12(16(23)17(13)24)9-25-11-5-2-1-3-6-11/h1-8,12-13,16-17,23-24H,9-10H2/t12-,13+,16+,17-/m1/s1. The van der Waals surface area contributed by atoms with E-state index in [0.29, 0.717) is 5.75 Å². The van der Waals surface area contributed by atoms with E-state index in [1.54, 1.807) is 24.3 Å². The third-order valence-corrected chi connectivity index (χ3v) is 4.03. The first-order valence-corrected chi connectivity index (χ1v) is 8.21. The first-order chi connectivity index (χ1) is 12.8. The zero-order chi connectivity index (χ0) is 19.4. The summed E-state index contributed by atoms with van der Waals surface area (Å²) in [7, 11) is 0. The maximum Gasteiger partial charge on any atom is 0.433 e. The fourth-order valence-corrected chi connectivity index (χ4v) is 2.59. The second-order valence-corrected chi connectivity index (χ2v) is 5.99. The van der Waals surface area contributed by atoms with Crippen LogP contribution in [0.5, 0.6) is 11.6 Å². The number of nitrogens with zero attached hydrogens (tertiary/aromatic N) is 1. The molecule has 2 N–H and O–H groups in total. The summed E-state index contributed by atoms with van der Waals surface area (Å²) in [4.78, 5) is 3.37. The maximum absolute atomic E-state index is 12.7. The smallest absolute Gasteiger partial charge is 0.433 e. The molecule has 0 amide bonds. The average Bonchev–Trinajstić information content (AvgIpc) is 2.65. The van der Waals surface area contributed by atoms with Crippen LogP contribution in [0.15, 0.2) is 48.5 Å². The molecule has 0 bridgehead atoms. The van der Waals surface area contributed by atoms with Crippen LogP contribution in [-0.2, 0) is 10.9 Å². The Kier molecular flexibility index (Phi) is 5.83. The highest BCUT2D eigenvalue weighted by Crippen LogP contribution is 2.29. The van der Waals surface area contributed by atoms with Crippen molar-refractivity contribution >= 4 is 0 Å². The lowest BCUT2D eigenvalue weighted by Crippen LogP contribution is -2.56. The van der Waals surface area contributed by atoms with E-state index in [4.69, 9.17) is 14.2 Å². The number of halogens is 3. The molecule has 2 aromatic rings. The summed E-state index contributed by atoms with van der Waals surface area (Å²) in [6, 6.07) is 12.1. The van der Waals surface area contributed by atoms with Gasteiger partial charge >= 0.3 is 6.18 Å². The van der Waals surface area contributed by atoms with Crippen LogP contribution in [0, 0.1) is 0 Å². The molecule has 1 aliphatic heterocycles. The molecule has 1 fully saturated rings. The number of rotatable bonds is 5. The second-order valence-electron chi connectivity index (χ2n) is 5.99. The number of benzene rings is 1. The fourth-order valence-electron chi connectivity index (χ4n) is 2.59. The molecule has 1 saturated heterocycles. The molecule has 27 heavy (non-hydrogen) atoms.